The van der Waals surface area contributed by atoms with E-state index in [1.165, 1.54) is 15.4 Å². The van der Waals surface area contributed by atoms with Crippen molar-refractivity contribution in [3.05, 3.63) is 16.1 Å². The van der Waals surface area contributed by atoms with Crippen LogP contribution in [0.4, 0.5) is 0 Å². The molecule has 0 aliphatic rings. The lowest BCUT2D eigenvalue weighted by Gasteiger charge is -2.18. The van der Waals surface area contributed by atoms with E-state index in [4.69, 9.17) is 0 Å². The monoisotopic (exact) mass is 489 g/mol. The van der Waals surface area contributed by atoms with Gasteiger partial charge in [-0.15, -0.1) is 35.3 Å². The van der Waals surface area contributed by atoms with Crippen molar-refractivity contribution in [2.45, 2.75) is 26.7 Å². The van der Waals surface area contributed by atoms with Gasteiger partial charge in [0.25, 0.3) is 0 Å². The Labute approximate surface area is 166 Å². The van der Waals surface area contributed by atoms with Crippen molar-refractivity contribution in [2.24, 2.45) is 4.99 Å². The van der Waals surface area contributed by atoms with Gasteiger partial charge in [0.2, 0.25) is 10.0 Å². The number of aryl methyl sites for hydroxylation is 1. The zero-order valence-electron chi connectivity index (χ0n) is 14.7. The van der Waals surface area contributed by atoms with E-state index in [-0.39, 0.29) is 24.0 Å². The Morgan fingerprint density at radius 2 is 2.04 bits per heavy atom. The molecule has 0 aromatic carbocycles. The second kappa shape index (κ2) is 12.0. The number of aromatic nitrogens is 1. The summed E-state index contributed by atoms with van der Waals surface area (Å²) in [4.78, 5) is 9.69. The fourth-order valence-corrected chi connectivity index (χ4v) is 3.76. The maximum Gasteiger partial charge on any atom is 0.211 e. The number of sulfonamides is 1. The van der Waals surface area contributed by atoms with E-state index >= 15 is 0 Å². The van der Waals surface area contributed by atoms with Crippen molar-refractivity contribution >= 4 is 51.3 Å². The van der Waals surface area contributed by atoms with Crippen molar-refractivity contribution in [3.63, 3.8) is 0 Å². The fourth-order valence-electron chi connectivity index (χ4n) is 2.05. The van der Waals surface area contributed by atoms with E-state index < -0.39 is 10.0 Å². The summed E-state index contributed by atoms with van der Waals surface area (Å²) in [6, 6.07) is 0. The quantitative estimate of drug-likeness (QED) is 0.237. The first-order valence-electron chi connectivity index (χ1n) is 7.67. The summed E-state index contributed by atoms with van der Waals surface area (Å²) in [5, 5.41) is 7.53. The third-order valence-corrected chi connectivity index (χ3v) is 5.57. The molecule has 24 heavy (non-hydrogen) atoms. The van der Waals surface area contributed by atoms with Crippen LogP contribution < -0.4 is 10.6 Å². The lowest BCUT2D eigenvalue weighted by atomic mass is 10.4. The zero-order chi connectivity index (χ0) is 17.3. The van der Waals surface area contributed by atoms with E-state index in [1.807, 2.05) is 20.0 Å². The number of halogens is 1. The molecule has 1 aromatic rings. The number of aliphatic imine (C=N–C) groups is 1. The van der Waals surface area contributed by atoms with Crippen molar-refractivity contribution in [2.75, 3.05) is 39.5 Å². The Balaban J connectivity index is 0.00000529. The fraction of sp³-hybridized carbons (Fsp3) is 0.714. The molecule has 0 unspecified atom stereocenters. The summed E-state index contributed by atoms with van der Waals surface area (Å²) < 4.78 is 24.4. The van der Waals surface area contributed by atoms with Gasteiger partial charge in [0.1, 0.15) is 0 Å². The van der Waals surface area contributed by atoms with Crippen LogP contribution in [0.2, 0.25) is 0 Å². The SMILES string of the molecule is CCN(CCCNC(=NC)NCCc1ncc(C)s1)S(C)(=O)=O.I. The molecular formula is C14H28IN5O2S2. The molecule has 0 aliphatic heterocycles. The topological polar surface area (TPSA) is 86.7 Å². The van der Waals surface area contributed by atoms with Gasteiger partial charge in [0.15, 0.2) is 5.96 Å². The van der Waals surface area contributed by atoms with Crippen LogP contribution in [-0.2, 0) is 16.4 Å². The van der Waals surface area contributed by atoms with Gasteiger partial charge in [0, 0.05) is 50.7 Å². The Morgan fingerprint density at radius 3 is 2.54 bits per heavy atom. The standard InChI is InChI=1S/C14H27N5O2S2.HI/c1-5-19(23(4,20)21)10-6-8-16-14(15-3)17-9-7-13-18-11-12(2)22-13;/h11H,5-10H2,1-4H3,(H2,15,16,17);1H. The third-order valence-electron chi connectivity index (χ3n) is 3.22. The molecule has 0 saturated heterocycles. The predicted molar refractivity (Wildman–Crippen MR) is 112 cm³/mol. The van der Waals surface area contributed by atoms with Gasteiger partial charge >= 0.3 is 0 Å². The average molecular weight is 489 g/mol. The maximum atomic E-state index is 11.5. The highest BCUT2D eigenvalue weighted by atomic mass is 127. The van der Waals surface area contributed by atoms with E-state index in [0.717, 1.165) is 30.4 Å². The first kappa shape index (κ1) is 23.5. The van der Waals surface area contributed by atoms with Gasteiger partial charge < -0.3 is 10.6 Å². The largest absolute Gasteiger partial charge is 0.356 e. The minimum Gasteiger partial charge on any atom is -0.356 e. The molecule has 0 atom stereocenters. The Kier molecular flexibility index (Phi) is 11.8. The highest BCUT2D eigenvalue weighted by Gasteiger charge is 2.13. The van der Waals surface area contributed by atoms with E-state index in [2.05, 4.69) is 20.6 Å². The van der Waals surface area contributed by atoms with Crippen LogP contribution in [0.15, 0.2) is 11.2 Å². The Bertz CT molecular complexity index is 604. The highest BCUT2D eigenvalue weighted by molar-refractivity contribution is 14.0. The molecule has 7 nitrogen and oxygen atoms in total. The summed E-state index contributed by atoms with van der Waals surface area (Å²) in [6.45, 7) is 6.33. The molecule has 0 bridgehead atoms. The molecule has 0 spiro atoms. The van der Waals surface area contributed by atoms with Crippen molar-refractivity contribution < 1.29 is 8.42 Å². The number of nitrogens with zero attached hydrogens (tertiary/aromatic N) is 3. The number of hydrogen-bond acceptors (Lipinski definition) is 5. The molecular weight excluding hydrogens is 461 g/mol. The molecule has 0 amide bonds. The summed E-state index contributed by atoms with van der Waals surface area (Å²) in [5.41, 5.74) is 0. The average Bonchev–Trinajstić information content (AvgIpc) is 2.89. The molecule has 1 aromatic heterocycles. The number of guanidine groups is 1. The lowest BCUT2D eigenvalue weighted by Crippen LogP contribution is -2.40. The first-order valence-corrected chi connectivity index (χ1v) is 10.3. The van der Waals surface area contributed by atoms with Crippen LogP contribution in [0.1, 0.15) is 23.2 Å². The summed E-state index contributed by atoms with van der Waals surface area (Å²) in [7, 11) is -1.39. The number of hydrogen-bond donors (Lipinski definition) is 2. The second-order valence-corrected chi connectivity index (χ2v) is 8.45. The summed E-state index contributed by atoms with van der Waals surface area (Å²) in [6.07, 6.45) is 4.71. The molecule has 1 rings (SSSR count). The molecule has 0 aliphatic carbocycles. The van der Waals surface area contributed by atoms with Gasteiger partial charge in [-0.05, 0) is 13.3 Å². The minimum absolute atomic E-state index is 0. The van der Waals surface area contributed by atoms with Crippen LogP contribution in [0.5, 0.6) is 0 Å². The molecule has 0 radical (unpaired) electrons. The van der Waals surface area contributed by atoms with E-state index in [1.54, 1.807) is 18.4 Å². The highest BCUT2D eigenvalue weighted by Crippen LogP contribution is 2.10. The molecule has 140 valence electrons. The number of thiazole rings is 1. The van der Waals surface area contributed by atoms with Crippen LogP contribution >= 0.6 is 35.3 Å². The van der Waals surface area contributed by atoms with Crippen LogP contribution in [0, 0.1) is 6.92 Å². The predicted octanol–water partition coefficient (Wildman–Crippen LogP) is 1.45. The Hall–Kier alpha value is -0.460. The second-order valence-electron chi connectivity index (χ2n) is 5.15. The summed E-state index contributed by atoms with van der Waals surface area (Å²) in [5.74, 6) is 0.723. The number of rotatable bonds is 9. The zero-order valence-corrected chi connectivity index (χ0v) is 18.7. The molecule has 1 heterocycles. The van der Waals surface area contributed by atoms with Crippen LogP contribution in [0.25, 0.3) is 0 Å². The van der Waals surface area contributed by atoms with Gasteiger partial charge in [-0.3, -0.25) is 4.99 Å². The van der Waals surface area contributed by atoms with Crippen LogP contribution in [-0.4, -0.2) is 63.1 Å². The number of nitrogens with one attached hydrogen (secondary N) is 2. The van der Waals surface area contributed by atoms with Crippen molar-refractivity contribution in [1.29, 1.82) is 0 Å². The van der Waals surface area contributed by atoms with Crippen LogP contribution in [0.3, 0.4) is 0 Å². The van der Waals surface area contributed by atoms with Crippen molar-refractivity contribution in [1.82, 2.24) is 19.9 Å². The molecule has 0 fully saturated rings. The minimum atomic E-state index is -3.11. The molecule has 10 heteroatoms. The summed E-state index contributed by atoms with van der Waals surface area (Å²) >= 11 is 1.70. The Morgan fingerprint density at radius 1 is 1.38 bits per heavy atom. The third kappa shape index (κ3) is 9.14. The maximum absolute atomic E-state index is 11.5. The van der Waals surface area contributed by atoms with Crippen molar-refractivity contribution in [3.8, 4) is 0 Å². The smallest absolute Gasteiger partial charge is 0.211 e. The lowest BCUT2D eigenvalue weighted by molar-refractivity contribution is 0.424. The van der Waals surface area contributed by atoms with E-state index in [9.17, 15) is 8.42 Å². The van der Waals surface area contributed by atoms with Gasteiger partial charge in [-0.2, -0.15) is 0 Å². The first-order chi connectivity index (χ1) is 10.9. The normalized spacial score (nSPS) is 12.1. The van der Waals surface area contributed by atoms with Gasteiger partial charge in [0.05, 0.1) is 11.3 Å². The molecule has 0 saturated carbocycles. The van der Waals surface area contributed by atoms with Gasteiger partial charge in [-0.25, -0.2) is 17.7 Å². The molecule has 2 N–H and O–H groups in total. The van der Waals surface area contributed by atoms with E-state index in [0.29, 0.717) is 19.6 Å². The van der Waals surface area contributed by atoms with Gasteiger partial charge in [-0.1, -0.05) is 6.92 Å².